The number of nitrogens with zero attached hydrogens (tertiary/aromatic N) is 1. The summed E-state index contributed by atoms with van der Waals surface area (Å²) in [7, 11) is 0. The van der Waals surface area contributed by atoms with Gasteiger partial charge in [-0.3, -0.25) is 4.79 Å². The molecule has 3 N–H and O–H groups in total. The Bertz CT molecular complexity index is 292. The van der Waals surface area contributed by atoms with E-state index in [1.807, 2.05) is 0 Å². The molecule has 0 unspecified atom stereocenters. The van der Waals surface area contributed by atoms with E-state index < -0.39 is 6.03 Å². The van der Waals surface area contributed by atoms with Crippen molar-refractivity contribution < 1.29 is 9.59 Å². The van der Waals surface area contributed by atoms with Crippen LogP contribution < -0.4 is 16.0 Å². The summed E-state index contributed by atoms with van der Waals surface area (Å²) < 4.78 is 0. The Labute approximate surface area is 94.7 Å². The Morgan fingerprint density at radius 3 is 2.62 bits per heavy atom. The van der Waals surface area contributed by atoms with Crippen LogP contribution in [-0.2, 0) is 4.79 Å². The van der Waals surface area contributed by atoms with E-state index in [0.29, 0.717) is 13.1 Å². The van der Waals surface area contributed by atoms with Crippen molar-refractivity contribution >= 4 is 11.9 Å². The van der Waals surface area contributed by atoms with Gasteiger partial charge in [0.25, 0.3) is 0 Å². The van der Waals surface area contributed by atoms with Crippen LogP contribution in [0.25, 0.3) is 0 Å². The van der Waals surface area contributed by atoms with Crippen molar-refractivity contribution in [1.29, 1.82) is 0 Å². The van der Waals surface area contributed by atoms with Crippen molar-refractivity contribution in [3.05, 3.63) is 0 Å². The zero-order chi connectivity index (χ0) is 11.8. The SMILES string of the molecule is C#CCNC(=O)NCC(=O)N1CCNCC1. The summed E-state index contributed by atoms with van der Waals surface area (Å²) in [5.41, 5.74) is 0. The molecule has 0 aromatic rings. The molecule has 0 atom stereocenters. The summed E-state index contributed by atoms with van der Waals surface area (Å²) in [6, 6.07) is -0.415. The van der Waals surface area contributed by atoms with Gasteiger partial charge in [-0.15, -0.1) is 6.42 Å². The average Bonchev–Trinajstić information content (AvgIpc) is 2.34. The highest BCUT2D eigenvalue weighted by Crippen LogP contribution is 1.91. The first-order chi connectivity index (χ1) is 7.74. The molecular weight excluding hydrogens is 208 g/mol. The number of carbonyl (C=O) groups is 2. The Morgan fingerprint density at radius 1 is 1.31 bits per heavy atom. The van der Waals surface area contributed by atoms with Gasteiger partial charge in [-0.1, -0.05) is 5.92 Å². The molecule has 1 saturated heterocycles. The lowest BCUT2D eigenvalue weighted by Gasteiger charge is -2.27. The average molecular weight is 224 g/mol. The van der Waals surface area contributed by atoms with Gasteiger partial charge in [0.1, 0.15) is 0 Å². The zero-order valence-corrected chi connectivity index (χ0v) is 9.08. The maximum atomic E-state index is 11.6. The smallest absolute Gasteiger partial charge is 0.315 e. The van der Waals surface area contributed by atoms with E-state index >= 15 is 0 Å². The molecule has 0 aliphatic carbocycles. The van der Waals surface area contributed by atoms with Crippen molar-refractivity contribution in [2.24, 2.45) is 0 Å². The molecule has 1 aliphatic rings. The van der Waals surface area contributed by atoms with E-state index in [1.165, 1.54) is 0 Å². The highest BCUT2D eigenvalue weighted by atomic mass is 16.2. The summed E-state index contributed by atoms with van der Waals surface area (Å²) in [4.78, 5) is 24.4. The monoisotopic (exact) mass is 224 g/mol. The largest absolute Gasteiger partial charge is 0.339 e. The van der Waals surface area contributed by atoms with Gasteiger partial charge in [-0.25, -0.2) is 4.79 Å². The van der Waals surface area contributed by atoms with Crippen LogP contribution in [0.15, 0.2) is 0 Å². The topological polar surface area (TPSA) is 73.5 Å². The third kappa shape index (κ3) is 4.19. The fourth-order valence-electron chi connectivity index (χ4n) is 1.38. The molecule has 0 spiro atoms. The van der Waals surface area contributed by atoms with Crippen LogP contribution in [-0.4, -0.2) is 56.1 Å². The molecule has 0 bridgehead atoms. The summed E-state index contributed by atoms with van der Waals surface area (Å²) in [5, 5.41) is 8.03. The lowest BCUT2D eigenvalue weighted by molar-refractivity contribution is -0.130. The second-order valence-electron chi connectivity index (χ2n) is 3.37. The number of piperazine rings is 1. The molecular formula is C10H16N4O2. The van der Waals surface area contributed by atoms with Gasteiger partial charge >= 0.3 is 6.03 Å². The van der Waals surface area contributed by atoms with Crippen LogP contribution in [0.2, 0.25) is 0 Å². The van der Waals surface area contributed by atoms with Crippen LogP contribution in [0, 0.1) is 12.3 Å². The summed E-state index contributed by atoms with van der Waals surface area (Å²) >= 11 is 0. The van der Waals surface area contributed by atoms with Crippen LogP contribution in [0.4, 0.5) is 4.79 Å². The molecule has 3 amide bonds. The van der Waals surface area contributed by atoms with Gasteiger partial charge in [0.05, 0.1) is 13.1 Å². The van der Waals surface area contributed by atoms with E-state index in [2.05, 4.69) is 21.9 Å². The quantitative estimate of drug-likeness (QED) is 0.503. The molecule has 1 heterocycles. The molecule has 16 heavy (non-hydrogen) atoms. The molecule has 6 heteroatoms. The van der Waals surface area contributed by atoms with Crippen LogP contribution in [0.1, 0.15) is 0 Å². The summed E-state index contributed by atoms with van der Waals surface area (Å²) in [6.45, 7) is 3.15. The third-order valence-corrected chi connectivity index (χ3v) is 2.22. The minimum atomic E-state index is -0.415. The summed E-state index contributed by atoms with van der Waals surface area (Å²) in [6.07, 6.45) is 4.98. The van der Waals surface area contributed by atoms with E-state index in [1.54, 1.807) is 4.90 Å². The maximum Gasteiger partial charge on any atom is 0.315 e. The first kappa shape index (κ1) is 12.3. The van der Waals surface area contributed by atoms with Crippen LogP contribution in [0.5, 0.6) is 0 Å². The Kier molecular flexibility index (Phi) is 5.16. The first-order valence-corrected chi connectivity index (χ1v) is 5.17. The molecule has 1 rings (SSSR count). The molecule has 0 radical (unpaired) electrons. The van der Waals surface area contributed by atoms with Gasteiger partial charge < -0.3 is 20.9 Å². The van der Waals surface area contributed by atoms with Crippen molar-refractivity contribution in [2.45, 2.75) is 0 Å². The van der Waals surface area contributed by atoms with Gasteiger partial charge in [-0.05, 0) is 0 Å². The van der Waals surface area contributed by atoms with Gasteiger partial charge in [0.15, 0.2) is 0 Å². The van der Waals surface area contributed by atoms with E-state index in [9.17, 15) is 9.59 Å². The molecule has 0 saturated carbocycles. The first-order valence-electron chi connectivity index (χ1n) is 5.17. The number of hydrogen-bond donors (Lipinski definition) is 3. The van der Waals surface area contributed by atoms with Gasteiger partial charge in [0.2, 0.25) is 5.91 Å². The van der Waals surface area contributed by atoms with Crippen molar-refractivity contribution in [2.75, 3.05) is 39.3 Å². The van der Waals surface area contributed by atoms with Crippen molar-refractivity contribution in [3.63, 3.8) is 0 Å². The molecule has 0 aromatic heterocycles. The Hall–Kier alpha value is -1.74. The van der Waals surface area contributed by atoms with Gasteiger partial charge in [0, 0.05) is 26.2 Å². The summed E-state index contributed by atoms with van der Waals surface area (Å²) in [5.74, 6) is 2.20. The minimum Gasteiger partial charge on any atom is -0.339 e. The maximum absolute atomic E-state index is 11.6. The van der Waals surface area contributed by atoms with Crippen LogP contribution >= 0.6 is 0 Å². The second kappa shape index (κ2) is 6.69. The number of hydrogen-bond acceptors (Lipinski definition) is 3. The van der Waals surface area contributed by atoms with E-state index in [0.717, 1.165) is 13.1 Å². The molecule has 1 aliphatic heterocycles. The Balaban J connectivity index is 2.18. The van der Waals surface area contributed by atoms with Gasteiger partial charge in [-0.2, -0.15) is 0 Å². The fraction of sp³-hybridized carbons (Fsp3) is 0.600. The molecule has 1 fully saturated rings. The van der Waals surface area contributed by atoms with E-state index in [-0.39, 0.29) is 19.0 Å². The molecule has 0 aromatic carbocycles. The highest BCUT2D eigenvalue weighted by Gasteiger charge is 2.16. The number of nitrogens with one attached hydrogen (secondary N) is 3. The third-order valence-electron chi connectivity index (χ3n) is 2.22. The minimum absolute atomic E-state index is 0.0103. The van der Waals surface area contributed by atoms with Crippen LogP contribution in [0.3, 0.4) is 0 Å². The zero-order valence-electron chi connectivity index (χ0n) is 9.08. The molecule has 88 valence electrons. The fourth-order valence-corrected chi connectivity index (χ4v) is 1.38. The lowest BCUT2D eigenvalue weighted by atomic mass is 10.3. The Morgan fingerprint density at radius 2 is 2.00 bits per heavy atom. The van der Waals surface area contributed by atoms with E-state index in [4.69, 9.17) is 6.42 Å². The molecule has 6 nitrogen and oxygen atoms in total. The number of terminal acetylenes is 1. The van der Waals surface area contributed by atoms with Crippen molar-refractivity contribution in [1.82, 2.24) is 20.9 Å². The predicted octanol–water partition coefficient (Wildman–Crippen LogP) is -1.65. The standard InChI is InChI=1S/C10H16N4O2/c1-2-3-12-10(16)13-8-9(15)14-6-4-11-5-7-14/h1,11H,3-8H2,(H2,12,13,16). The predicted molar refractivity (Wildman–Crippen MR) is 59.7 cm³/mol. The highest BCUT2D eigenvalue weighted by molar-refractivity contribution is 5.84. The lowest BCUT2D eigenvalue weighted by Crippen LogP contribution is -2.50. The number of amides is 3. The second-order valence-corrected chi connectivity index (χ2v) is 3.37. The van der Waals surface area contributed by atoms with Crippen molar-refractivity contribution in [3.8, 4) is 12.3 Å². The number of carbonyl (C=O) groups excluding carboxylic acids is 2. The number of urea groups is 1. The normalized spacial score (nSPS) is 15.1. The number of rotatable bonds is 3.